The zero-order valence-electron chi connectivity index (χ0n) is 13.1. The molecule has 0 N–H and O–H groups in total. The fourth-order valence-corrected chi connectivity index (χ4v) is 3.66. The number of amides is 1. The zero-order valence-corrected chi connectivity index (χ0v) is 15.5. The molecule has 6 heteroatoms. The zero-order chi connectivity index (χ0) is 17.1. The molecule has 24 heavy (non-hydrogen) atoms. The first-order valence-corrected chi connectivity index (χ1v) is 9.34. The van der Waals surface area contributed by atoms with Gasteiger partial charge < -0.3 is 0 Å². The molecule has 0 aromatic heterocycles. The summed E-state index contributed by atoms with van der Waals surface area (Å²) in [5, 5.41) is 1.55. The lowest BCUT2D eigenvalue weighted by Gasteiger charge is -2.28. The second kappa shape index (κ2) is 7.60. The number of rotatable bonds is 2. The Morgan fingerprint density at radius 2 is 1.96 bits per heavy atom. The first-order valence-electron chi connectivity index (χ1n) is 7.60. The number of benzene rings is 2. The molecule has 1 amide bonds. The predicted molar refractivity (Wildman–Crippen MR) is 103 cm³/mol. The monoisotopic (exact) mass is 378 g/mol. The van der Waals surface area contributed by atoms with E-state index in [0.29, 0.717) is 22.2 Å². The lowest BCUT2D eigenvalue weighted by molar-refractivity contribution is 0.0849. The number of halogens is 2. The minimum absolute atomic E-state index is 0.104. The SMILES string of the molecule is Cc1ccccc1N=C1SCCCN1C(=O)c1ccc(Cl)c(Cl)c1. The fraction of sp³-hybridized carbons (Fsp3) is 0.222. The first kappa shape index (κ1) is 17.3. The lowest BCUT2D eigenvalue weighted by atomic mass is 10.2. The minimum Gasteiger partial charge on any atom is -0.287 e. The molecule has 1 aliphatic rings. The van der Waals surface area contributed by atoms with Gasteiger partial charge in [0, 0.05) is 17.9 Å². The van der Waals surface area contributed by atoms with Crippen molar-refractivity contribution in [2.75, 3.05) is 12.3 Å². The molecule has 3 nitrogen and oxygen atoms in total. The molecule has 2 aromatic carbocycles. The summed E-state index contributed by atoms with van der Waals surface area (Å²) in [6.07, 6.45) is 0.935. The quantitative estimate of drug-likeness (QED) is 0.684. The van der Waals surface area contributed by atoms with Crippen LogP contribution in [0, 0.1) is 6.92 Å². The van der Waals surface area contributed by atoms with E-state index >= 15 is 0 Å². The van der Waals surface area contributed by atoms with Crippen LogP contribution in [0.2, 0.25) is 10.0 Å². The number of aliphatic imine (C=N–C) groups is 1. The molecule has 3 rings (SSSR count). The summed E-state index contributed by atoms with van der Waals surface area (Å²) in [4.78, 5) is 19.3. The molecule has 124 valence electrons. The van der Waals surface area contributed by atoms with Gasteiger partial charge >= 0.3 is 0 Å². The van der Waals surface area contributed by atoms with Crippen molar-refractivity contribution in [3.8, 4) is 0 Å². The van der Waals surface area contributed by atoms with E-state index in [2.05, 4.69) is 0 Å². The van der Waals surface area contributed by atoms with Gasteiger partial charge in [0.15, 0.2) is 5.17 Å². The van der Waals surface area contributed by atoms with E-state index in [1.54, 1.807) is 34.9 Å². The normalized spacial score (nSPS) is 16.5. The average molecular weight is 379 g/mol. The van der Waals surface area contributed by atoms with Crippen LogP contribution in [0.3, 0.4) is 0 Å². The van der Waals surface area contributed by atoms with Crippen molar-refractivity contribution in [3.63, 3.8) is 0 Å². The second-order valence-electron chi connectivity index (χ2n) is 5.47. The number of amidine groups is 1. The highest BCUT2D eigenvalue weighted by Gasteiger charge is 2.25. The number of carbonyl (C=O) groups excluding carboxylic acids is 1. The Balaban J connectivity index is 1.93. The van der Waals surface area contributed by atoms with E-state index in [4.69, 9.17) is 28.2 Å². The van der Waals surface area contributed by atoms with Gasteiger partial charge in [0.2, 0.25) is 0 Å². The molecule has 1 aliphatic heterocycles. The third kappa shape index (κ3) is 3.77. The van der Waals surface area contributed by atoms with Crippen LogP contribution in [-0.2, 0) is 0 Å². The van der Waals surface area contributed by atoms with Crippen LogP contribution in [0.15, 0.2) is 47.5 Å². The summed E-state index contributed by atoms with van der Waals surface area (Å²) < 4.78 is 0. The number of aryl methyl sites for hydroxylation is 1. The Morgan fingerprint density at radius 1 is 1.17 bits per heavy atom. The van der Waals surface area contributed by atoms with Gasteiger partial charge in [0.25, 0.3) is 5.91 Å². The van der Waals surface area contributed by atoms with Crippen molar-refractivity contribution >= 4 is 51.7 Å². The van der Waals surface area contributed by atoms with Gasteiger partial charge in [-0.3, -0.25) is 9.69 Å². The Morgan fingerprint density at radius 3 is 2.71 bits per heavy atom. The fourth-order valence-electron chi connectivity index (χ4n) is 2.42. The molecule has 1 fully saturated rings. The molecule has 0 bridgehead atoms. The van der Waals surface area contributed by atoms with Crippen LogP contribution >= 0.6 is 35.0 Å². The van der Waals surface area contributed by atoms with Crippen molar-refractivity contribution in [2.45, 2.75) is 13.3 Å². The number of nitrogens with zero attached hydrogens (tertiary/aromatic N) is 2. The van der Waals surface area contributed by atoms with E-state index in [1.165, 1.54) is 0 Å². The van der Waals surface area contributed by atoms with Crippen LogP contribution in [0.25, 0.3) is 0 Å². The molecular formula is C18H16Cl2N2OS. The molecule has 0 atom stereocenters. The summed E-state index contributed by atoms with van der Waals surface area (Å²) in [5.41, 5.74) is 2.48. The summed E-state index contributed by atoms with van der Waals surface area (Å²) in [5.74, 6) is 0.851. The summed E-state index contributed by atoms with van der Waals surface area (Å²) in [6, 6.07) is 12.8. The number of carbonyl (C=O) groups is 1. The van der Waals surface area contributed by atoms with Crippen molar-refractivity contribution in [1.82, 2.24) is 4.90 Å². The lowest BCUT2D eigenvalue weighted by Crippen LogP contribution is -2.39. The molecule has 0 radical (unpaired) electrons. The van der Waals surface area contributed by atoms with E-state index in [0.717, 1.165) is 28.6 Å². The smallest absolute Gasteiger partial charge is 0.259 e. The van der Waals surface area contributed by atoms with Crippen LogP contribution in [-0.4, -0.2) is 28.3 Å². The van der Waals surface area contributed by atoms with Gasteiger partial charge in [-0.05, 0) is 43.2 Å². The highest BCUT2D eigenvalue weighted by molar-refractivity contribution is 8.13. The Labute approximate surface area is 155 Å². The molecule has 0 spiro atoms. The maximum atomic E-state index is 12.9. The van der Waals surface area contributed by atoms with Crippen molar-refractivity contribution in [3.05, 3.63) is 63.6 Å². The number of para-hydroxylation sites is 1. The average Bonchev–Trinajstić information content (AvgIpc) is 2.59. The summed E-state index contributed by atoms with van der Waals surface area (Å²) in [7, 11) is 0. The highest BCUT2D eigenvalue weighted by Crippen LogP contribution is 2.27. The van der Waals surface area contributed by atoms with Crippen LogP contribution in [0.4, 0.5) is 5.69 Å². The minimum atomic E-state index is -0.104. The summed E-state index contributed by atoms with van der Waals surface area (Å²) in [6.45, 7) is 2.66. The van der Waals surface area contributed by atoms with Crippen molar-refractivity contribution < 1.29 is 4.79 Å². The molecular weight excluding hydrogens is 363 g/mol. The van der Waals surface area contributed by atoms with Crippen molar-refractivity contribution in [2.24, 2.45) is 4.99 Å². The van der Waals surface area contributed by atoms with Gasteiger partial charge in [-0.1, -0.05) is 53.2 Å². The van der Waals surface area contributed by atoms with Crippen LogP contribution < -0.4 is 0 Å². The number of hydrogen-bond acceptors (Lipinski definition) is 3. The van der Waals surface area contributed by atoms with Crippen LogP contribution in [0.5, 0.6) is 0 Å². The second-order valence-corrected chi connectivity index (χ2v) is 7.35. The van der Waals surface area contributed by atoms with E-state index in [1.807, 2.05) is 31.2 Å². The van der Waals surface area contributed by atoms with Gasteiger partial charge in [-0.2, -0.15) is 0 Å². The molecule has 2 aromatic rings. The molecule has 0 saturated carbocycles. The standard InChI is InChI=1S/C18H16Cl2N2OS/c1-12-5-2-3-6-16(12)21-18-22(9-4-10-24-18)17(23)13-7-8-14(19)15(20)11-13/h2-3,5-8,11H,4,9-10H2,1H3. The van der Waals surface area contributed by atoms with Gasteiger partial charge in [-0.15, -0.1) is 0 Å². The van der Waals surface area contributed by atoms with E-state index < -0.39 is 0 Å². The van der Waals surface area contributed by atoms with Gasteiger partial charge in [0.05, 0.1) is 15.7 Å². The Kier molecular flexibility index (Phi) is 5.49. The maximum Gasteiger partial charge on any atom is 0.259 e. The molecule has 1 saturated heterocycles. The molecule has 1 heterocycles. The molecule has 0 aliphatic carbocycles. The van der Waals surface area contributed by atoms with E-state index in [-0.39, 0.29) is 5.91 Å². The Hall–Kier alpha value is -1.49. The maximum absolute atomic E-state index is 12.9. The van der Waals surface area contributed by atoms with Gasteiger partial charge in [0.1, 0.15) is 0 Å². The van der Waals surface area contributed by atoms with Gasteiger partial charge in [-0.25, -0.2) is 4.99 Å². The number of hydrogen-bond donors (Lipinski definition) is 0. The van der Waals surface area contributed by atoms with Crippen LogP contribution in [0.1, 0.15) is 22.3 Å². The largest absolute Gasteiger partial charge is 0.287 e. The number of thioether (sulfide) groups is 1. The van der Waals surface area contributed by atoms with Crippen molar-refractivity contribution in [1.29, 1.82) is 0 Å². The third-order valence-electron chi connectivity index (χ3n) is 3.73. The summed E-state index contributed by atoms with van der Waals surface area (Å²) >= 11 is 13.6. The predicted octanol–water partition coefficient (Wildman–Crippen LogP) is 5.57. The first-order chi connectivity index (χ1) is 11.6. The third-order valence-corrected chi connectivity index (χ3v) is 5.53. The topological polar surface area (TPSA) is 32.7 Å². The highest BCUT2D eigenvalue weighted by atomic mass is 35.5. The molecule has 0 unspecified atom stereocenters. The van der Waals surface area contributed by atoms with E-state index in [9.17, 15) is 4.79 Å². The Bertz CT molecular complexity index is 807.